The molecular weight excluding hydrogens is 378 g/mol. The lowest BCUT2D eigenvalue weighted by molar-refractivity contribution is 0.0917. The third-order valence-corrected chi connectivity index (χ3v) is 7.52. The number of para-hydroxylation sites is 1. The Bertz CT molecular complexity index is 1070. The highest BCUT2D eigenvalue weighted by molar-refractivity contribution is 7.88. The average Bonchev–Trinajstić information content (AvgIpc) is 3.22. The van der Waals surface area contributed by atoms with Crippen molar-refractivity contribution in [2.24, 2.45) is 0 Å². The topological polar surface area (TPSA) is 85.5 Å². The number of rotatable bonds is 5. The molecule has 2 aromatic heterocycles. The standard InChI is InChI=1S/C20H21N3O4S/c24-28(25,13-18-17-5-1-2-6-19(17)27-22-18)23-14-8-9-15(23)12-16(11-14)26-20-7-3-4-10-21-20/h1-7,10,14-16H,8-9,11-13H2. The van der Waals surface area contributed by atoms with Gasteiger partial charge in [0.15, 0.2) is 5.58 Å². The first kappa shape index (κ1) is 17.6. The predicted molar refractivity (Wildman–Crippen MR) is 103 cm³/mol. The van der Waals surface area contributed by atoms with Crippen molar-refractivity contribution in [2.45, 2.75) is 49.6 Å². The molecule has 2 saturated heterocycles. The van der Waals surface area contributed by atoms with Crippen molar-refractivity contribution in [3.63, 3.8) is 0 Å². The van der Waals surface area contributed by atoms with Crippen molar-refractivity contribution in [3.05, 3.63) is 54.4 Å². The summed E-state index contributed by atoms with van der Waals surface area (Å²) in [5.74, 6) is 0.459. The molecule has 0 radical (unpaired) electrons. The average molecular weight is 399 g/mol. The molecule has 2 aliphatic rings. The van der Waals surface area contributed by atoms with E-state index in [0.29, 0.717) is 30.0 Å². The van der Waals surface area contributed by atoms with Gasteiger partial charge in [0.25, 0.3) is 0 Å². The zero-order chi connectivity index (χ0) is 19.1. The number of pyridine rings is 1. The van der Waals surface area contributed by atoms with Crippen molar-refractivity contribution in [2.75, 3.05) is 0 Å². The minimum absolute atomic E-state index is 0.00766. The molecule has 2 aliphatic heterocycles. The van der Waals surface area contributed by atoms with Crippen LogP contribution in [0, 0.1) is 0 Å². The van der Waals surface area contributed by atoms with Gasteiger partial charge in [-0.15, -0.1) is 0 Å². The van der Waals surface area contributed by atoms with Crippen molar-refractivity contribution < 1.29 is 17.7 Å². The molecule has 4 heterocycles. The van der Waals surface area contributed by atoms with Gasteiger partial charge in [-0.3, -0.25) is 0 Å². The molecule has 2 unspecified atom stereocenters. The number of sulfonamides is 1. The summed E-state index contributed by atoms with van der Waals surface area (Å²) in [6.45, 7) is 0. The molecule has 0 saturated carbocycles. The largest absolute Gasteiger partial charge is 0.474 e. The van der Waals surface area contributed by atoms with E-state index >= 15 is 0 Å². The number of ether oxygens (including phenoxy) is 1. The Hall–Kier alpha value is -2.45. The molecule has 146 valence electrons. The number of fused-ring (bicyclic) bond motifs is 3. The van der Waals surface area contributed by atoms with Gasteiger partial charge in [-0.1, -0.05) is 23.4 Å². The Kier molecular flexibility index (Phi) is 4.32. The molecule has 3 aromatic rings. The molecule has 0 aliphatic carbocycles. The van der Waals surface area contributed by atoms with E-state index in [1.165, 1.54) is 0 Å². The van der Waals surface area contributed by atoms with Gasteiger partial charge in [0, 0.05) is 42.6 Å². The SMILES string of the molecule is O=S(=O)(Cc1noc2ccccc12)N1C2CCC1CC(Oc1ccccn1)C2. The molecule has 7 nitrogen and oxygen atoms in total. The summed E-state index contributed by atoms with van der Waals surface area (Å²) in [7, 11) is -3.49. The number of benzene rings is 1. The van der Waals surface area contributed by atoms with Crippen molar-refractivity contribution in [3.8, 4) is 5.88 Å². The number of hydrogen-bond donors (Lipinski definition) is 0. The Morgan fingerprint density at radius 2 is 1.82 bits per heavy atom. The summed E-state index contributed by atoms with van der Waals surface area (Å²) in [5, 5.41) is 4.76. The quantitative estimate of drug-likeness (QED) is 0.655. The fourth-order valence-corrected chi connectivity index (χ4v) is 6.51. The zero-order valence-corrected chi connectivity index (χ0v) is 16.1. The van der Waals surface area contributed by atoms with Crippen LogP contribution in [0.1, 0.15) is 31.4 Å². The summed E-state index contributed by atoms with van der Waals surface area (Å²) < 4.78 is 39.4. The molecule has 0 N–H and O–H groups in total. The van der Waals surface area contributed by atoms with Crippen molar-refractivity contribution >= 4 is 21.0 Å². The number of piperidine rings is 1. The summed E-state index contributed by atoms with van der Waals surface area (Å²) in [4.78, 5) is 4.22. The molecular formula is C20H21N3O4S. The van der Waals surface area contributed by atoms with Crippen LogP contribution in [0.25, 0.3) is 11.0 Å². The lowest BCUT2D eigenvalue weighted by Crippen LogP contribution is -2.49. The van der Waals surface area contributed by atoms with Gasteiger partial charge in [-0.25, -0.2) is 13.4 Å². The minimum atomic E-state index is -3.49. The van der Waals surface area contributed by atoms with E-state index in [0.717, 1.165) is 18.2 Å². The molecule has 2 bridgehead atoms. The van der Waals surface area contributed by atoms with Crippen molar-refractivity contribution in [1.29, 1.82) is 0 Å². The van der Waals surface area contributed by atoms with E-state index in [9.17, 15) is 8.42 Å². The maximum absolute atomic E-state index is 13.2. The van der Waals surface area contributed by atoms with E-state index < -0.39 is 10.0 Å². The minimum Gasteiger partial charge on any atom is -0.474 e. The smallest absolute Gasteiger partial charge is 0.220 e. The van der Waals surface area contributed by atoms with Gasteiger partial charge < -0.3 is 9.26 Å². The second-order valence-electron chi connectivity index (χ2n) is 7.48. The number of hydrogen-bond acceptors (Lipinski definition) is 6. The second kappa shape index (κ2) is 6.86. The lowest BCUT2D eigenvalue weighted by Gasteiger charge is -2.37. The lowest BCUT2D eigenvalue weighted by atomic mass is 10.0. The first-order chi connectivity index (χ1) is 13.6. The van der Waals surface area contributed by atoms with E-state index in [1.54, 1.807) is 16.6 Å². The Balaban J connectivity index is 1.34. The fourth-order valence-electron chi connectivity index (χ4n) is 4.51. The van der Waals surface area contributed by atoms with Crippen LogP contribution in [0.2, 0.25) is 0 Å². The maximum atomic E-state index is 13.2. The molecule has 2 atom stereocenters. The first-order valence-corrected chi connectivity index (χ1v) is 11.1. The predicted octanol–water partition coefficient (Wildman–Crippen LogP) is 3.13. The monoisotopic (exact) mass is 399 g/mol. The van der Waals surface area contributed by atoms with Crippen molar-refractivity contribution in [1.82, 2.24) is 14.4 Å². The molecule has 28 heavy (non-hydrogen) atoms. The molecule has 1 aromatic carbocycles. The fraction of sp³-hybridized carbons (Fsp3) is 0.400. The van der Waals surface area contributed by atoms with Gasteiger partial charge in [-0.05, 0) is 31.0 Å². The van der Waals surface area contributed by atoms with E-state index in [-0.39, 0.29) is 23.9 Å². The van der Waals surface area contributed by atoms with Crippen LogP contribution in [0.5, 0.6) is 5.88 Å². The van der Waals surface area contributed by atoms with Crippen LogP contribution in [-0.2, 0) is 15.8 Å². The molecule has 2 fully saturated rings. The summed E-state index contributed by atoms with van der Waals surface area (Å²) in [6.07, 6.45) is 4.80. The second-order valence-corrected chi connectivity index (χ2v) is 9.35. The van der Waals surface area contributed by atoms with Gasteiger partial charge in [0.1, 0.15) is 17.6 Å². The highest BCUT2D eigenvalue weighted by atomic mass is 32.2. The highest BCUT2D eigenvalue weighted by Gasteiger charge is 2.47. The Labute approximate surface area is 163 Å². The van der Waals surface area contributed by atoms with Gasteiger partial charge >= 0.3 is 0 Å². The van der Waals surface area contributed by atoms with E-state index in [1.807, 2.05) is 36.4 Å². The van der Waals surface area contributed by atoms with Gasteiger partial charge in [0.2, 0.25) is 15.9 Å². The van der Waals surface area contributed by atoms with Crippen LogP contribution in [0.4, 0.5) is 0 Å². The zero-order valence-electron chi connectivity index (χ0n) is 15.3. The Morgan fingerprint density at radius 1 is 1.07 bits per heavy atom. The third kappa shape index (κ3) is 3.16. The van der Waals surface area contributed by atoms with Crippen LogP contribution in [-0.4, -0.2) is 41.1 Å². The van der Waals surface area contributed by atoms with Gasteiger partial charge in [-0.2, -0.15) is 4.31 Å². The van der Waals surface area contributed by atoms with Crippen LogP contribution in [0.3, 0.4) is 0 Å². The summed E-state index contributed by atoms with van der Waals surface area (Å²) in [6, 6.07) is 12.9. The van der Waals surface area contributed by atoms with E-state index in [4.69, 9.17) is 9.26 Å². The molecule has 0 spiro atoms. The third-order valence-electron chi connectivity index (χ3n) is 5.64. The molecule has 5 rings (SSSR count). The maximum Gasteiger partial charge on any atom is 0.220 e. The van der Waals surface area contributed by atoms with Crippen LogP contribution < -0.4 is 4.74 Å². The summed E-state index contributed by atoms with van der Waals surface area (Å²) >= 11 is 0. The van der Waals surface area contributed by atoms with Crippen LogP contribution >= 0.6 is 0 Å². The number of nitrogens with zero attached hydrogens (tertiary/aromatic N) is 3. The normalized spacial score (nSPS) is 25.2. The Morgan fingerprint density at radius 3 is 2.57 bits per heavy atom. The highest BCUT2D eigenvalue weighted by Crippen LogP contribution is 2.40. The van der Waals surface area contributed by atoms with Gasteiger partial charge in [0.05, 0.1) is 0 Å². The van der Waals surface area contributed by atoms with Crippen LogP contribution in [0.15, 0.2) is 53.2 Å². The molecule has 0 amide bonds. The molecule has 8 heteroatoms. The first-order valence-electron chi connectivity index (χ1n) is 9.52. The summed E-state index contributed by atoms with van der Waals surface area (Å²) in [5.41, 5.74) is 1.08. The number of aromatic nitrogens is 2. The van der Waals surface area contributed by atoms with E-state index in [2.05, 4.69) is 10.1 Å².